The molecular formula is C14H12F3N3O. The van der Waals surface area contributed by atoms with Gasteiger partial charge in [-0.3, -0.25) is 4.68 Å². The number of hydrogen-bond acceptors (Lipinski definition) is 3. The lowest BCUT2D eigenvalue weighted by Crippen LogP contribution is -2.05. The minimum Gasteiger partial charge on any atom is -0.453 e. The van der Waals surface area contributed by atoms with Crippen LogP contribution in [0.15, 0.2) is 30.6 Å². The fraction of sp³-hybridized carbons (Fsp3) is 0.286. The molecular weight excluding hydrogens is 283 g/mol. The van der Waals surface area contributed by atoms with Crippen molar-refractivity contribution >= 4 is 0 Å². The third-order valence-electron chi connectivity index (χ3n) is 2.72. The van der Waals surface area contributed by atoms with Crippen LogP contribution >= 0.6 is 0 Å². The summed E-state index contributed by atoms with van der Waals surface area (Å²) in [7, 11) is 0. The summed E-state index contributed by atoms with van der Waals surface area (Å²) in [5, 5.41) is 13.0. The minimum atomic E-state index is -4.49. The molecule has 0 aliphatic carbocycles. The fourth-order valence-corrected chi connectivity index (χ4v) is 1.76. The molecule has 1 aromatic carbocycles. The quantitative estimate of drug-likeness (QED) is 0.857. The van der Waals surface area contributed by atoms with Crippen LogP contribution in [0, 0.1) is 11.3 Å². The van der Waals surface area contributed by atoms with E-state index in [9.17, 15) is 13.2 Å². The molecule has 1 heterocycles. The first-order valence-corrected chi connectivity index (χ1v) is 6.25. The van der Waals surface area contributed by atoms with Crippen molar-refractivity contribution in [2.24, 2.45) is 0 Å². The third-order valence-corrected chi connectivity index (χ3v) is 2.72. The van der Waals surface area contributed by atoms with Crippen molar-refractivity contribution in [3.63, 3.8) is 0 Å². The van der Waals surface area contributed by atoms with Gasteiger partial charge >= 0.3 is 6.18 Å². The summed E-state index contributed by atoms with van der Waals surface area (Å²) in [5.41, 5.74) is -1.05. The third kappa shape index (κ3) is 3.54. The largest absolute Gasteiger partial charge is 0.453 e. The van der Waals surface area contributed by atoms with Gasteiger partial charge in [-0.1, -0.05) is 6.92 Å². The summed E-state index contributed by atoms with van der Waals surface area (Å²) < 4.78 is 44.8. The van der Waals surface area contributed by atoms with Crippen LogP contribution in [-0.4, -0.2) is 9.78 Å². The fourth-order valence-electron chi connectivity index (χ4n) is 1.76. The van der Waals surface area contributed by atoms with E-state index >= 15 is 0 Å². The van der Waals surface area contributed by atoms with Gasteiger partial charge in [-0.25, -0.2) is 0 Å². The van der Waals surface area contributed by atoms with E-state index < -0.39 is 11.7 Å². The molecule has 2 rings (SSSR count). The van der Waals surface area contributed by atoms with E-state index in [0.29, 0.717) is 12.3 Å². The molecule has 0 atom stereocenters. The molecule has 0 unspecified atom stereocenters. The van der Waals surface area contributed by atoms with Gasteiger partial charge in [-0.15, -0.1) is 0 Å². The highest BCUT2D eigenvalue weighted by atomic mass is 19.4. The van der Waals surface area contributed by atoms with E-state index in [1.807, 2.05) is 6.92 Å². The minimum absolute atomic E-state index is 0.0709. The molecule has 4 nitrogen and oxygen atoms in total. The zero-order chi connectivity index (χ0) is 15.5. The summed E-state index contributed by atoms with van der Waals surface area (Å²) in [6.45, 7) is 2.70. The van der Waals surface area contributed by atoms with Crippen LogP contribution in [0.3, 0.4) is 0 Å². The van der Waals surface area contributed by atoms with Gasteiger partial charge in [0.2, 0.25) is 0 Å². The van der Waals surface area contributed by atoms with Crippen LogP contribution in [0.1, 0.15) is 24.5 Å². The van der Waals surface area contributed by atoms with Crippen molar-refractivity contribution in [1.29, 1.82) is 5.26 Å². The number of halogens is 3. The molecule has 110 valence electrons. The topological polar surface area (TPSA) is 50.8 Å². The van der Waals surface area contributed by atoms with Crippen molar-refractivity contribution < 1.29 is 17.9 Å². The maximum absolute atomic E-state index is 12.6. The lowest BCUT2D eigenvalue weighted by atomic mass is 10.1. The van der Waals surface area contributed by atoms with Gasteiger partial charge in [0.05, 0.1) is 23.5 Å². The maximum Gasteiger partial charge on any atom is 0.416 e. The number of nitrogens with zero attached hydrogens (tertiary/aromatic N) is 3. The van der Waals surface area contributed by atoms with E-state index in [1.54, 1.807) is 16.9 Å². The van der Waals surface area contributed by atoms with Gasteiger partial charge in [-0.05, 0) is 24.6 Å². The first-order chi connectivity index (χ1) is 9.94. The van der Waals surface area contributed by atoms with Gasteiger partial charge < -0.3 is 4.74 Å². The smallest absolute Gasteiger partial charge is 0.416 e. The van der Waals surface area contributed by atoms with E-state index in [4.69, 9.17) is 10.00 Å². The van der Waals surface area contributed by atoms with Crippen LogP contribution < -0.4 is 4.74 Å². The molecule has 0 aliphatic rings. The van der Waals surface area contributed by atoms with Crippen molar-refractivity contribution in [2.75, 3.05) is 0 Å². The second-order valence-electron chi connectivity index (χ2n) is 4.36. The molecule has 0 radical (unpaired) electrons. The maximum atomic E-state index is 12.6. The number of aryl methyl sites for hydroxylation is 1. The molecule has 0 spiro atoms. The lowest BCUT2D eigenvalue weighted by molar-refractivity contribution is -0.137. The van der Waals surface area contributed by atoms with Crippen LogP contribution in [0.5, 0.6) is 11.5 Å². The Bertz CT molecular complexity index is 671. The predicted octanol–water partition coefficient (Wildman–Crippen LogP) is 3.98. The van der Waals surface area contributed by atoms with Gasteiger partial charge in [-0.2, -0.15) is 23.5 Å². The van der Waals surface area contributed by atoms with Crippen molar-refractivity contribution in [1.82, 2.24) is 9.78 Å². The van der Waals surface area contributed by atoms with Gasteiger partial charge in [0.15, 0.2) is 5.75 Å². The van der Waals surface area contributed by atoms with Crippen LogP contribution in [0.2, 0.25) is 0 Å². The number of hydrogen-bond donors (Lipinski definition) is 0. The highest BCUT2D eigenvalue weighted by Crippen LogP contribution is 2.33. The van der Waals surface area contributed by atoms with Crippen molar-refractivity contribution in [3.8, 4) is 17.6 Å². The molecule has 0 N–H and O–H groups in total. The number of aromatic nitrogens is 2. The number of rotatable bonds is 4. The molecule has 1 aromatic heterocycles. The summed E-state index contributed by atoms with van der Waals surface area (Å²) in [6, 6.07) is 4.50. The highest BCUT2D eigenvalue weighted by molar-refractivity contribution is 5.47. The second kappa shape index (κ2) is 5.87. The summed E-state index contributed by atoms with van der Waals surface area (Å²) in [5.74, 6) is 0.446. The molecule has 7 heteroatoms. The molecule has 0 aliphatic heterocycles. The number of alkyl halides is 3. The highest BCUT2D eigenvalue weighted by Gasteiger charge is 2.31. The molecule has 0 fully saturated rings. The monoisotopic (exact) mass is 295 g/mol. The Morgan fingerprint density at radius 1 is 1.38 bits per heavy atom. The van der Waals surface area contributed by atoms with Crippen molar-refractivity contribution in [3.05, 3.63) is 41.7 Å². The van der Waals surface area contributed by atoms with Crippen LogP contribution in [-0.2, 0) is 12.7 Å². The molecule has 21 heavy (non-hydrogen) atoms. The molecule has 0 amide bonds. The predicted molar refractivity (Wildman–Crippen MR) is 68.8 cm³/mol. The summed E-state index contributed by atoms with van der Waals surface area (Å²) in [6.07, 6.45) is -0.516. The number of benzene rings is 1. The second-order valence-corrected chi connectivity index (χ2v) is 4.36. The van der Waals surface area contributed by atoms with E-state index in [0.717, 1.165) is 24.6 Å². The lowest BCUT2D eigenvalue weighted by Gasteiger charge is -2.09. The molecule has 0 bridgehead atoms. The summed E-state index contributed by atoms with van der Waals surface area (Å²) in [4.78, 5) is 0. The molecule has 2 aromatic rings. The van der Waals surface area contributed by atoms with E-state index in [2.05, 4.69) is 5.10 Å². The SMILES string of the molecule is CCCn1cc(Oc2ccc(C(F)(F)F)cc2C#N)cn1. The zero-order valence-corrected chi connectivity index (χ0v) is 11.2. The standard InChI is InChI=1S/C14H12F3N3O/c1-2-5-20-9-12(8-19-20)21-13-4-3-11(14(15,16)17)6-10(13)7-18/h3-4,6,8-9H,2,5H2,1H3. The Hall–Kier alpha value is -2.49. The Balaban J connectivity index is 2.25. The number of ether oxygens (including phenoxy) is 1. The van der Waals surface area contributed by atoms with E-state index in [-0.39, 0.29) is 11.3 Å². The Morgan fingerprint density at radius 2 is 2.14 bits per heavy atom. The Labute approximate surface area is 119 Å². The number of nitriles is 1. The van der Waals surface area contributed by atoms with Crippen LogP contribution in [0.25, 0.3) is 0 Å². The molecule has 0 saturated heterocycles. The Morgan fingerprint density at radius 3 is 2.76 bits per heavy atom. The molecule has 0 saturated carbocycles. The van der Waals surface area contributed by atoms with Gasteiger partial charge in [0.25, 0.3) is 0 Å². The Kier molecular flexibility index (Phi) is 4.17. The average Bonchev–Trinajstić information content (AvgIpc) is 2.86. The first kappa shape index (κ1) is 14.9. The first-order valence-electron chi connectivity index (χ1n) is 6.25. The van der Waals surface area contributed by atoms with Gasteiger partial charge in [0.1, 0.15) is 11.8 Å². The zero-order valence-electron chi connectivity index (χ0n) is 11.2. The van der Waals surface area contributed by atoms with Gasteiger partial charge in [0, 0.05) is 6.54 Å². The normalized spacial score (nSPS) is 11.2. The van der Waals surface area contributed by atoms with E-state index in [1.165, 1.54) is 6.20 Å². The van der Waals surface area contributed by atoms with Crippen LogP contribution in [0.4, 0.5) is 13.2 Å². The summed E-state index contributed by atoms with van der Waals surface area (Å²) >= 11 is 0. The average molecular weight is 295 g/mol. The van der Waals surface area contributed by atoms with Crippen molar-refractivity contribution in [2.45, 2.75) is 26.1 Å².